The minimum absolute atomic E-state index is 0.0302. The molecular formula is C26H30N2O5. The maximum atomic E-state index is 12.7. The van der Waals surface area contributed by atoms with Crippen molar-refractivity contribution in [3.8, 4) is 11.1 Å². The largest absolute Gasteiger partial charge is 0.480 e. The number of carbonyl (C=O) groups excluding carboxylic acids is 2. The Labute approximate surface area is 193 Å². The van der Waals surface area contributed by atoms with Crippen molar-refractivity contribution in [2.24, 2.45) is 11.8 Å². The lowest BCUT2D eigenvalue weighted by Gasteiger charge is -2.40. The van der Waals surface area contributed by atoms with Gasteiger partial charge in [-0.1, -0.05) is 62.4 Å². The van der Waals surface area contributed by atoms with Crippen molar-refractivity contribution in [3.05, 3.63) is 59.7 Å². The van der Waals surface area contributed by atoms with Crippen molar-refractivity contribution in [3.63, 3.8) is 0 Å². The van der Waals surface area contributed by atoms with Gasteiger partial charge < -0.3 is 20.1 Å². The normalized spacial score (nSPS) is 21.8. The number of fused-ring (bicyclic) bond motifs is 3. The molecule has 1 aliphatic heterocycles. The van der Waals surface area contributed by atoms with Gasteiger partial charge in [0.25, 0.3) is 0 Å². The Morgan fingerprint density at radius 1 is 1.03 bits per heavy atom. The van der Waals surface area contributed by atoms with E-state index in [1.54, 1.807) is 0 Å². The van der Waals surface area contributed by atoms with Gasteiger partial charge in [-0.05, 0) is 40.5 Å². The SMILES string of the molecule is CC1CC(C)C(C(=O)O)N(C(=O)CCNC(=O)OCC2c3ccccc3-c3ccccc32)C1. The Hall–Kier alpha value is -3.35. The Kier molecular flexibility index (Phi) is 6.67. The fourth-order valence-corrected chi connectivity index (χ4v) is 5.29. The highest BCUT2D eigenvalue weighted by Gasteiger charge is 2.39. The number of carboxylic acid groups (broad SMARTS) is 1. The zero-order chi connectivity index (χ0) is 23.5. The van der Waals surface area contributed by atoms with Gasteiger partial charge in [0.05, 0.1) is 0 Å². The second kappa shape index (κ2) is 9.65. The van der Waals surface area contributed by atoms with Crippen LogP contribution in [0.5, 0.6) is 0 Å². The van der Waals surface area contributed by atoms with Crippen LogP contribution in [0.2, 0.25) is 0 Å². The number of aliphatic carboxylic acids is 1. The summed E-state index contributed by atoms with van der Waals surface area (Å²) in [6, 6.07) is 15.4. The minimum atomic E-state index is -0.979. The highest BCUT2D eigenvalue weighted by molar-refractivity contribution is 5.84. The first-order chi connectivity index (χ1) is 15.9. The first-order valence-corrected chi connectivity index (χ1v) is 11.5. The van der Waals surface area contributed by atoms with Crippen LogP contribution in [0.1, 0.15) is 43.7 Å². The van der Waals surface area contributed by atoms with Crippen LogP contribution in [0, 0.1) is 11.8 Å². The van der Waals surface area contributed by atoms with Gasteiger partial charge in [0.1, 0.15) is 12.6 Å². The van der Waals surface area contributed by atoms with E-state index in [1.807, 2.05) is 38.1 Å². The molecule has 2 amide bonds. The first kappa shape index (κ1) is 22.8. The van der Waals surface area contributed by atoms with E-state index >= 15 is 0 Å². The van der Waals surface area contributed by atoms with Crippen LogP contribution in [0.25, 0.3) is 11.1 Å². The van der Waals surface area contributed by atoms with Crippen LogP contribution in [0.4, 0.5) is 4.79 Å². The molecule has 33 heavy (non-hydrogen) atoms. The number of rotatable bonds is 6. The Morgan fingerprint density at radius 3 is 2.24 bits per heavy atom. The van der Waals surface area contributed by atoms with Crippen molar-refractivity contribution < 1.29 is 24.2 Å². The predicted octanol–water partition coefficient (Wildman–Crippen LogP) is 3.87. The number of nitrogens with zero attached hydrogens (tertiary/aromatic N) is 1. The maximum absolute atomic E-state index is 12.7. The standard InChI is InChI=1S/C26H30N2O5/c1-16-13-17(2)24(25(30)31)28(14-16)23(29)11-12-27-26(32)33-15-22-20-9-5-3-7-18(20)19-8-4-6-10-21(19)22/h3-10,16-17,22,24H,11-15H2,1-2H3,(H,27,32)(H,30,31). The van der Waals surface area contributed by atoms with Gasteiger partial charge >= 0.3 is 12.1 Å². The lowest BCUT2D eigenvalue weighted by molar-refractivity contribution is -0.156. The molecule has 3 unspecified atom stereocenters. The van der Waals surface area contributed by atoms with Crippen molar-refractivity contribution in [2.45, 2.75) is 38.6 Å². The highest BCUT2D eigenvalue weighted by atomic mass is 16.5. The summed E-state index contributed by atoms with van der Waals surface area (Å²) in [4.78, 5) is 38.1. The minimum Gasteiger partial charge on any atom is -0.480 e. The van der Waals surface area contributed by atoms with Crippen LogP contribution >= 0.6 is 0 Å². The maximum Gasteiger partial charge on any atom is 0.407 e. The summed E-state index contributed by atoms with van der Waals surface area (Å²) in [7, 11) is 0. The summed E-state index contributed by atoms with van der Waals surface area (Å²) >= 11 is 0. The highest BCUT2D eigenvalue weighted by Crippen LogP contribution is 2.44. The van der Waals surface area contributed by atoms with Crippen LogP contribution in [0.15, 0.2) is 48.5 Å². The van der Waals surface area contributed by atoms with Gasteiger partial charge in [0.15, 0.2) is 0 Å². The average Bonchev–Trinajstić information content (AvgIpc) is 3.10. The molecule has 7 nitrogen and oxygen atoms in total. The second-order valence-corrected chi connectivity index (χ2v) is 9.15. The molecule has 7 heteroatoms. The molecule has 2 aliphatic rings. The van der Waals surface area contributed by atoms with Crippen LogP contribution in [-0.4, -0.2) is 53.7 Å². The van der Waals surface area contributed by atoms with Crippen molar-refractivity contribution in [2.75, 3.05) is 19.7 Å². The van der Waals surface area contributed by atoms with Crippen LogP contribution in [-0.2, 0) is 14.3 Å². The van der Waals surface area contributed by atoms with Crippen LogP contribution in [0.3, 0.4) is 0 Å². The Bertz CT molecular complexity index is 1010. The van der Waals surface area contributed by atoms with E-state index in [4.69, 9.17) is 4.74 Å². The third-order valence-corrected chi connectivity index (χ3v) is 6.68. The average molecular weight is 451 g/mol. The second-order valence-electron chi connectivity index (χ2n) is 9.15. The number of hydrogen-bond donors (Lipinski definition) is 2. The van der Waals surface area contributed by atoms with E-state index < -0.39 is 18.1 Å². The summed E-state index contributed by atoms with van der Waals surface area (Å²) in [6.45, 7) is 4.61. The molecule has 2 N–H and O–H groups in total. The summed E-state index contributed by atoms with van der Waals surface area (Å²) in [5.74, 6) is -1.13. The molecule has 0 saturated carbocycles. The smallest absolute Gasteiger partial charge is 0.407 e. The molecule has 0 bridgehead atoms. The quantitative estimate of drug-likeness (QED) is 0.697. The molecular weight excluding hydrogens is 420 g/mol. The number of carboxylic acids is 1. The molecule has 0 aromatic heterocycles. The van der Waals surface area contributed by atoms with Gasteiger partial charge in [0.2, 0.25) is 5.91 Å². The third-order valence-electron chi connectivity index (χ3n) is 6.68. The molecule has 0 spiro atoms. The number of benzene rings is 2. The lowest BCUT2D eigenvalue weighted by Crippen LogP contribution is -2.54. The van der Waals surface area contributed by atoms with E-state index in [0.717, 1.165) is 28.7 Å². The van der Waals surface area contributed by atoms with Crippen molar-refractivity contribution in [1.29, 1.82) is 0 Å². The topological polar surface area (TPSA) is 95.9 Å². The molecule has 4 rings (SSSR count). The number of likely N-dealkylation sites (tertiary alicyclic amines) is 1. The van der Waals surface area contributed by atoms with Gasteiger partial charge in [-0.15, -0.1) is 0 Å². The van der Waals surface area contributed by atoms with Gasteiger partial charge in [-0.25, -0.2) is 9.59 Å². The molecule has 2 aromatic rings. The summed E-state index contributed by atoms with van der Waals surface area (Å²) < 4.78 is 5.49. The Balaban J connectivity index is 1.30. The van der Waals surface area contributed by atoms with Gasteiger partial charge in [0, 0.05) is 25.4 Å². The molecule has 2 aromatic carbocycles. The summed E-state index contributed by atoms with van der Waals surface area (Å²) in [5, 5.41) is 12.2. The molecule has 3 atom stereocenters. The fourth-order valence-electron chi connectivity index (χ4n) is 5.29. The molecule has 174 valence electrons. The predicted molar refractivity (Wildman–Crippen MR) is 124 cm³/mol. The van der Waals surface area contributed by atoms with Crippen molar-refractivity contribution in [1.82, 2.24) is 10.2 Å². The fraction of sp³-hybridized carbons (Fsp3) is 0.423. The molecule has 0 radical (unpaired) electrons. The number of piperidine rings is 1. The number of ether oxygens (including phenoxy) is 1. The summed E-state index contributed by atoms with van der Waals surface area (Å²) in [6.07, 6.45) is 0.228. The van der Waals surface area contributed by atoms with Gasteiger partial charge in [-0.2, -0.15) is 0 Å². The van der Waals surface area contributed by atoms with Gasteiger partial charge in [-0.3, -0.25) is 4.79 Å². The van der Waals surface area contributed by atoms with E-state index in [1.165, 1.54) is 4.90 Å². The number of alkyl carbamates (subject to hydrolysis) is 1. The van der Waals surface area contributed by atoms with Crippen LogP contribution < -0.4 is 5.32 Å². The number of amides is 2. The Morgan fingerprint density at radius 2 is 1.64 bits per heavy atom. The van der Waals surface area contributed by atoms with E-state index in [0.29, 0.717) is 6.54 Å². The first-order valence-electron chi connectivity index (χ1n) is 11.5. The van der Waals surface area contributed by atoms with Crippen molar-refractivity contribution >= 4 is 18.0 Å². The molecule has 1 heterocycles. The van der Waals surface area contributed by atoms with E-state index in [-0.39, 0.29) is 43.2 Å². The molecule has 1 fully saturated rings. The number of nitrogens with one attached hydrogen (secondary N) is 1. The van der Waals surface area contributed by atoms with E-state index in [9.17, 15) is 19.5 Å². The molecule has 1 saturated heterocycles. The number of carbonyl (C=O) groups is 3. The zero-order valence-corrected chi connectivity index (χ0v) is 19.0. The zero-order valence-electron chi connectivity index (χ0n) is 19.0. The number of hydrogen-bond acceptors (Lipinski definition) is 4. The monoisotopic (exact) mass is 450 g/mol. The summed E-state index contributed by atoms with van der Waals surface area (Å²) in [5.41, 5.74) is 4.58. The third kappa shape index (κ3) is 4.72. The van der Waals surface area contributed by atoms with E-state index in [2.05, 4.69) is 29.6 Å². The molecule has 1 aliphatic carbocycles. The lowest BCUT2D eigenvalue weighted by atomic mass is 9.85.